The lowest BCUT2D eigenvalue weighted by Gasteiger charge is -2.04. The Morgan fingerprint density at radius 3 is 2.72 bits per heavy atom. The lowest BCUT2D eigenvalue weighted by atomic mass is 10.2. The Morgan fingerprint density at radius 2 is 2.11 bits per heavy atom. The topological polar surface area (TPSA) is 41.5 Å². The summed E-state index contributed by atoms with van der Waals surface area (Å²) in [5.74, 6) is -0.326. The van der Waals surface area contributed by atoms with Gasteiger partial charge in [-0.2, -0.15) is 5.10 Å². The molecule has 1 aromatic carbocycles. The van der Waals surface area contributed by atoms with Crippen molar-refractivity contribution in [3.05, 3.63) is 33.8 Å². The highest BCUT2D eigenvalue weighted by Crippen LogP contribution is 2.20. The van der Waals surface area contributed by atoms with Gasteiger partial charge in [0.25, 0.3) is 5.91 Å². The summed E-state index contributed by atoms with van der Waals surface area (Å²) in [6, 6.07) is 4.73. The molecular weight excluding hydrogens is 271 g/mol. The minimum absolute atomic E-state index is 0.321. The zero-order valence-corrected chi connectivity index (χ0v) is 12.0. The summed E-state index contributed by atoms with van der Waals surface area (Å²) in [5.41, 5.74) is 3.76. The Morgan fingerprint density at radius 1 is 1.39 bits per heavy atom. The first-order chi connectivity index (χ1) is 8.54. The van der Waals surface area contributed by atoms with Crippen LogP contribution in [0.5, 0.6) is 0 Å². The van der Waals surface area contributed by atoms with E-state index in [9.17, 15) is 4.79 Å². The van der Waals surface area contributed by atoms with Gasteiger partial charge in [0, 0.05) is 10.7 Å². The average Bonchev–Trinajstić information content (AvgIpc) is 2.33. The number of halogens is 2. The smallest absolute Gasteiger partial charge is 0.267 e. The Labute approximate surface area is 117 Å². The third kappa shape index (κ3) is 4.67. The van der Waals surface area contributed by atoms with E-state index < -0.39 is 0 Å². The largest absolute Gasteiger partial charge is 0.272 e. The predicted molar refractivity (Wildman–Crippen MR) is 76.6 cm³/mol. The van der Waals surface area contributed by atoms with Crippen LogP contribution in [0.3, 0.4) is 0 Å². The van der Waals surface area contributed by atoms with E-state index in [2.05, 4.69) is 17.5 Å². The summed E-state index contributed by atoms with van der Waals surface area (Å²) in [5, 5.41) is 4.85. The van der Waals surface area contributed by atoms with Crippen LogP contribution in [0.25, 0.3) is 0 Å². The minimum Gasteiger partial charge on any atom is -0.267 e. The Kier molecular flexibility index (Phi) is 6.16. The first kappa shape index (κ1) is 15.0. The molecule has 0 aromatic heterocycles. The zero-order chi connectivity index (χ0) is 13.5. The van der Waals surface area contributed by atoms with Crippen molar-refractivity contribution >= 4 is 34.8 Å². The SMILES string of the molecule is CCCC/C(C)=N/NC(=O)c1ccc(Cl)cc1Cl. The van der Waals surface area contributed by atoms with Gasteiger partial charge in [0.2, 0.25) is 0 Å². The highest BCUT2D eigenvalue weighted by Gasteiger charge is 2.09. The molecule has 5 heteroatoms. The van der Waals surface area contributed by atoms with E-state index in [-0.39, 0.29) is 5.91 Å². The number of hydrogen-bond donors (Lipinski definition) is 1. The molecule has 0 fully saturated rings. The van der Waals surface area contributed by atoms with Crippen LogP contribution in [0.1, 0.15) is 43.5 Å². The van der Waals surface area contributed by atoms with E-state index in [0.717, 1.165) is 25.0 Å². The van der Waals surface area contributed by atoms with Gasteiger partial charge in [-0.25, -0.2) is 5.43 Å². The second-order valence-electron chi connectivity index (χ2n) is 4.02. The molecule has 0 atom stereocenters. The third-order valence-corrected chi connectivity index (χ3v) is 2.96. The molecule has 1 amide bonds. The number of nitrogens with zero attached hydrogens (tertiary/aromatic N) is 1. The molecule has 1 aromatic rings. The number of carbonyl (C=O) groups is 1. The highest BCUT2D eigenvalue weighted by atomic mass is 35.5. The maximum absolute atomic E-state index is 11.8. The number of nitrogens with one attached hydrogen (secondary N) is 1. The maximum atomic E-state index is 11.8. The summed E-state index contributed by atoms with van der Waals surface area (Å²) in [6.45, 7) is 4.00. The summed E-state index contributed by atoms with van der Waals surface area (Å²) >= 11 is 11.7. The van der Waals surface area contributed by atoms with Crippen LogP contribution in [0, 0.1) is 0 Å². The van der Waals surface area contributed by atoms with E-state index in [1.54, 1.807) is 12.1 Å². The van der Waals surface area contributed by atoms with Crippen LogP contribution in [-0.4, -0.2) is 11.6 Å². The predicted octanol–water partition coefficient (Wildman–Crippen LogP) is 4.29. The molecule has 0 aliphatic carbocycles. The molecule has 0 saturated carbocycles. The molecule has 0 unspecified atom stereocenters. The van der Waals surface area contributed by atoms with E-state index in [0.29, 0.717) is 15.6 Å². The normalized spacial score (nSPS) is 11.4. The van der Waals surface area contributed by atoms with Crippen molar-refractivity contribution in [1.29, 1.82) is 0 Å². The lowest BCUT2D eigenvalue weighted by Crippen LogP contribution is -2.19. The number of hydrazone groups is 1. The van der Waals surface area contributed by atoms with Crippen molar-refractivity contribution in [2.45, 2.75) is 33.1 Å². The molecule has 0 spiro atoms. The molecule has 0 heterocycles. The molecule has 0 bridgehead atoms. The summed E-state index contributed by atoms with van der Waals surface area (Å²) in [4.78, 5) is 11.8. The van der Waals surface area contributed by atoms with Gasteiger partial charge in [0.05, 0.1) is 10.6 Å². The molecular formula is C13H16Cl2N2O. The zero-order valence-electron chi connectivity index (χ0n) is 10.5. The molecule has 0 aliphatic heterocycles. The molecule has 0 aliphatic rings. The van der Waals surface area contributed by atoms with Gasteiger partial charge < -0.3 is 0 Å². The van der Waals surface area contributed by atoms with Crippen molar-refractivity contribution in [3.63, 3.8) is 0 Å². The van der Waals surface area contributed by atoms with Gasteiger partial charge >= 0.3 is 0 Å². The summed E-state index contributed by atoms with van der Waals surface area (Å²) in [7, 11) is 0. The average molecular weight is 287 g/mol. The fraction of sp³-hybridized carbons (Fsp3) is 0.385. The van der Waals surface area contributed by atoms with Crippen molar-refractivity contribution < 1.29 is 4.79 Å². The monoisotopic (exact) mass is 286 g/mol. The third-order valence-electron chi connectivity index (χ3n) is 2.42. The van der Waals surface area contributed by atoms with E-state index in [1.807, 2.05) is 6.92 Å². The number of carbonyl (C=O) groups excluding carboxylic acids is 1. The summed E-state index contributed by atoms with van der Waals surface area (Å²) < 4.78 is 0. The van der Waals surface area contributed by atoms with Gasteiger partial charge in [0.1, 0.15) is 0 Å². The van der Waals surface area contributed by atoms with Crippen LogP contribution >= 0.6 is 23.2 Å². The quantitative estimate of drug-likeness (QED) is 0.637. The molecule has 3 nitrogen and oxygen atoms in total. The van der Waals surface area contributed by atoms with Crippen molar-refractivity contribution in [3.8, 4) is 0 Å². The van der Waals surface area contributed by atoms with Gasteiger partial charge in [-0.3, -0.25) is 4.79 Å². The van der Waals surface area contributed by atoms with Crippen LogP contribution in [-0.2, 0) is 0 Å². The van der Waals surface area contributed by atoms with Crippen LogP contribution in [0.2, 0.25) is 10.0 Å². The first-order valence-corrected chi connectivity index (χ1v) is 6.58. The van der Waals surface area contributed by atoms with E-state index in [1.165, 1.54) is 6.07 Å². The van der Waals surface area contributed by atoms with Gasteiger partial charge in [0.15, 0.2) is 0 Å². The molecule has 18 heavy (non-hydrogen) atoms. The number of amides is 1. The highest BCUT2D eigenvalue weighted by molar-refractivity contribution is 6.36. The fourth-order valence-electron chi connectivity index (χ4n) is 1.37. The van der Waals surface area contributed by atoms with E-state index in [4.69, 9.17) is 23.2 Å². The van der Waals surface area contributed by atoms with Crippen molar-refractivity contribution in [2.75, 3.05) is 0 Å². The van der Waals surface area contributed by atoms with Crippen molar-refractivity contribution in [2.24, 2.45) is 5.10 Å². The van der Waals surface area contributed by atoms with Gasteiger partial charge in [-0.05, 0) is 38.0 Å². The number of rotatable bonds is 5. The van der Waals surface area contributed by atoms with Gasteiger partial charge in [-0.1, -0.05) is 36.5 Å². The van der Waals surface area contributed by atoms with Crippen LogP contribution < -0.4 is 5.43 Å². The maximum Gasteiger partial charge on any atom is 0.272 e. The Balaban J connectivity index is 2.65. The second-order valence-corrected chi connectivity index (χ2v) is 4.86. The number of benzene rings is 1. The van der Waals surface area contributed by atoms with Crippen LogP contribution in [0.15, 0.2) is 23.3 Å². The minimum atomic E-state index is -0.326. The molecule has 98 valence electrons. The fourth-order valence-corrected chi connectivity index (χ4v) is 1.86. The van der Waals surface area contributed by atoms with Crippen LogP contribution in [0.4, 0.5) is 0 Å². The second kappa shape index (κ2) is 7.39. The molecule has 1 rings (SSSR count). The Bertz CT molecular complexity index is 458. The molecule has 0 radical (unpaired) electrons. The first-order valence-electron chi connectivity index (χ1n) is 5.83. The molecule has 0 saturated heterocycles. The van der Waals surface area contributed by atoms with E-state index >= 15 is 0 Å². The lowest BCUT2D eigenvalue weighted by molar-refractivity contribution is 0.0955. The van der Waals surface area contributed by atoms with Crippen molar-refractivity contribution in [1.82, 2.24) is 5.43 Å². The summed E-state index contributed by atoms with van der Waals surface area (Å²) in [6.07, 6.45) is 3.04. The standard InChI is InChI=1S/C13H16Cl2N2O/c1-3-4-5-9(2)16-17-13(18)11-7-6-10(14)8-12(11)15/h6-8H,3-5H2,1-2H3,(H,17,18)/b16-9+. The Hall–Kier alpha value is -1.06. The number of hydrogen-bond acceptors (Lipinski definition) is 2. The van der Waals surface area contributed by atoms with Gasteiger partial charge in [-0.15, -0.1) is 0 Å². The molecule has 1 N–H and O–H groups in total. The number of unbranched alkanes of at least 4 members (excludes halogenated alkanes) is 1.